The third kappa shape index (κ3) is 5.54. The summed E-state index contributed by atoms with van der Waals surface area (Å²) >= 11 is 0. The molecule has 4 nitrogen and oxygen atoms in total. The second kappa shape index (κ2) is 7.41. The lowest BCUT2D eigenvalue weighted by atomic mass is 9.87. The predicted octanol–water partition coefficient (Wildman–Crippen LogP) is 2.83. The van der Waals surface area contributed by atoms with Gasteiger partial charge in [0.1, 0.15) is 0 Å². The molecule has 18 heavy (non-hydrogen) atoms. The van der Waals surface area contributed by atoms with E-state index in [0.29, 0.717) is 0 Å². The van der Waals surface area contributed by atoms with E-state index in [4.69, 9.17) is 10.5 Å². The molecule has 4 heteroatoms. The Hall–Kier alpha value is -1.03. The van der Waals surface area contributed by atoms with Gasteiger partial charge in [-0.1, -0.05) is 20.8 Å². The number of nitrogens with two attached hydrogens (primary N) is 1. The second-order valence-electron chi connectivity index (χ2n) is 5.61. The zero-order valence-corrected chi connectivity index (χ0v) is 12.0. The van der Waals surface area contributed by atoms with Gasteiger partial charge in [-0.25, -0.2) is 0 Å². The van der Waals surface area contributed by atoms with Crippen molar-refractivity contribution in [3.63, 3.8) is 0 Å². The molecule has 0 saturated heterocycles. The standard InChI is InChI=1S/C14H27N3O/c1-4-8-17-11-13(10-16-17)18-9-6-5-7-14(2,3)12-15/h10-11H,4-9,12,15H2,1-3H3. The van der Waals surface area contributed by atoms with Crippen LogP contribution in [0.2, 0.25) is 0 Å². The number of unbranched alkanes of at least 4 members (excludes halogenated alkanes) is 1. The monoisotopic (exact) mass is 253 g/mol. The summed E-state index contributed by atoms with van der Waals surface area (Å²) in [4.78, 5) is 0. The van der Waals surface area contributed by atoms with Gasteiger partial charge in [0.2, 0.25) is 0 Å². The predicted molar refractivity (Wildman–Crippen MR) is 74.7 cm³/mol. The molecule has 0 aliphatic carbocycles. The molecule has 104 valence electrons. The first kappa shape index (κ1) is 15.0. The van der Waals surface area contributed by atoms with Crippen molar-refractivity contribution < 1.29 is 4.74 Å². The van der Waals surface area contributed by atoms with Crippen LogP contribution in [0.5, 0.6) is 5.75 Å². The van der Waals surface area contributed by atoms with Crippen LogP contribution in [0.25, 0.3) is 0 Å². The Morgan fingerprint density at radius 1 is 1.39 bits per heavy atom. The summed E-state index contributed by atoms with van der Waals surface area (Å²) in [5.74, 6) is 0.876. The molecule has 0 aliphatic heterocycles. The third-order valence-corrected chi connectivity index (χ3v) is 3.13. The van der Waals surface area contributed by atoms with E-state index in [2.05, 4.69) is 25.9 Å². The highest BCUT2D eigenvalue weighted by Gasteiger charge is 2.14. The highest BCUT2D eigenvalue weighted by atomic mass is 16.5. The van der Waals surface area contributed by atoms with Crippen LogP contribution in [0.15, 0.2) is 12.4 Å². The van der Waals surface area contributed by atoms with E-state index < -0.39 is 0 Å². The van der Waals surface area contributed by atoms with E-state index in [0.717, 1.165) is 51.1 Å². The molecule has 0 unspecified atom stereocenters. The lowest BCUT2D eigenvalue weighted by Gasteiger charge is -2.21. The summed E-state index contributed by atoms with van der Waals surface area (Å²) in [6.45, 7) is 9.02. The quantitative estimate of drug-likeness (QED) is 0.688. The average molecular weight is 253 g/mol. The van der Waals surface area contributed by atoms with Crippen molar-refractivity contribution in [3.05, 3.63) is 12.4 Å². The van der Waals surface area contributed by atoms with Crippen molar-refractivity contribution in [2.75, 3.05) is 13.2 Å². The van der Waals surface area contributed by atoms with Gasteiger partial charge in [-0.2, -0.15) is 5.10 Å². The molecule has 0 radical (unpaired) electrons. The topological polar surface area (TPSA) is 53.1 Å². The zero-order valence-electron chi connectivity index (χ0n) is 12.0. The Balaban J connectivity index is 2.14. The van der Waals surface area contributed by atoms with Crippen molar-refractivity contribution in [1.82, 2.24) is 9.78 Å². The summed E-state index contributed by atoms with van der Waals surface area (Å²) in [5, 5.41) is 4.23. The molecule has 0 atom stereocenters. The summed E-state index contributed by atoms with van der Waals surface area (Å²) in [7, 11) is 0. The van der Waals surface area contributed by atoms with E-state index in [1.807, 2.05) is 10.9 Å². The average Bonchev–Trinajstić information content (AvgIpc) is 2.77. The molecule has 2 N–H and O–H groups in total. The first-order valence-electron chi connectivity index (χ1n) is 6.93. The molecule has 0 amide bonds. The van der Waals surface area contributed by atoms with Gasteiger partial charge in [-0.05, 0) is 37.6 Å². The highest BCUT2D eigenvalue weighted by Crippen LogP contribution is 2.21. The molecule has 0 spiro atoms. The van der Waals surface area contributed by atoms with Crippen molar-refractivity contribution in [3.8, 4) is 5.75 Å². The van der Waals surface area contributed by atoms with Crippen LogP contribution >= 0.6 is 0 Å². The highest BCUT2D eigenvalue weighted by molar-refractivity contribution is 5.11. The fraction of sp³-hybridized carbons (Fsp3) is 0.786. The van der Waals surface area contributed by atoms with E-state index in [9.17, 15) is 0 Å². The summed E-state index contributed by atoms with van der Waals surface area (Å²) in [5.41, 5.74) is 5.96. The van der Waals surface area contributed by atoms with Gasteiger partial charge in [0.25, 0.3) is 0 Å². The van der Waals surface area contributed by atoms with Crippen LogP contribution in [-0.4, -0.2) is 22.9 Å². The Morgan fingerprint density at radius 3 is 2.83 bits per heavy atom. The first-order chi connectivity index (χ1) is 8.57. The molecule has 1 heterocycles. The summed E-state index contributed by atoms with van der Waals surface area (Å²) < 4.78 is 7.59. The maximum absolute atomic E-state index is 5.70. The van der Waals surface area contributed by atoms with Crippen molar-refractivity contribution in [2.45, 2.75) is 53.0 Å². The van der Waals surface area contributed by atoms with Crippen LogP contribution in [0.3, 0.4) is 0 Å². The fourth-order valence-corrected chi connectivity index (χ4v) is 1.77. The van der Waals surface area contributed by atoms with Gasteiger partial charge >= 0.3 is 0 Å². The normalized spacial score (nSPS) is 11.8. The molecule has 1 aromatic heterocycles. The smallest absolute Gasteiger partial charge is 0.157 e. The Labute approximate surface area is 111 Å². The van der Waals surface area contributed by atoms with E-state index in [1.54, 1.807) is 6.20 Å². The molecule has 1 aromatic rings. The van der Waals surface area contributed by atoms with Gasteiger partial charge in [-0.15, -0.1) is 0 Å². The van der Waals surface area contributed by atoms with Crippen LogP contribution in [0, 0.1) is 5.41 Å². The maximum Gasteiger partial charge on any atom is 0.157 e. The summed E-state index contributed by atoms with van der Waals surface area (Å²) in [6, 6.07) is 0. The molecule has 0 fully saturated rings. The first-order valence-corrected chi connectivity index (χ1v) is 6.93. The molecule has 0 aromatic carbocycles. The molecular weight excluding hydrogens is 226 g/mol. The van der Waals surface area contributed by atoms with Crippen LogP contribution in [-0.2, 0) is 6.54 Å². The molecule has 0 bridgehead atoms. The SMILES string of the molecule is CCCn1cc(OCCCCC(C)(C)CN)cn1. The number of aryl methyl sites for hydroxylation is 1. The van der Waals surface area contributed by atoms with Gasteiger partial charge in [0.15, 0.2) is 5.75 Å². The largest absolute Gasteiger partial charge is 0.490 e. The van der Waals surface area contributed by atoms with Crippen LogP contribution in [0.1, 0.15) is 46.5 Å². The van der Waals surface area contributed by atoms with Gasteiger partial charge in [0.05, 0.1) is 19.0 Å². The minimum atomic E-state index is 0.256. The Morgan fingerprint density at radius 2 is 2.17 bits per heavy atom. The number of ether oxygens (including phenoxy) is 1. The maximum atomic E-state index is 5.70. The number of hydrogen-bond donors (Lipinski definition) is 1. The fourth-order valence-electron chi connectivity index (χ4n) is 1.77. The van der Waals surface area contributed by atoms with E-state index in [1.165, 1.54) is 0 Å². The molecule has 0 aliphatic rings. The van der Waals surface area contributed by atoms with Gasteiger partial charge in [0, 0.05) is 6.54 Å². The van der Waals surface area contributed by atoms with E-state index >= 15 is 0 Å². The second-order valence-corrected chi connectivity index (χ2v) is 5.61. The van der Waals surface area contributed by atoms with E-state index in [-0.39, 0.29) is 5.41 Å². The number of rotatable bonds is 9. The van der Waals surface area contributed by atoms with Crippen LogP contribution < -0.4 is 10.5 Å². The minimum Gasteiger partial charge on any atom is -0.490 e. The summed E-state index contributed by atoms with van der Waals surface area (Å²) in [6.07, 6.45) is 8.24. The molecule has 0 saturated carbocycles. The minimum absolute atomic E-state index is 0.256. The Kier molecular flexibility index (Phi) is 6.19. The number of aromatic nitrogens is 2. The molecular formula is C14H27N3O. The van der Waals surface area contributed by atoms with Crippen LogP contribution in [0.4, 0.5) is 0 Å². The van der Waals surface area contributed by atoms with Crippen molar-refractivity contribution >= 4 is 0 Å². The van der Waals surface area contributed by atoms with Gasteiger partial charge in [-0.3, -0.25) is 4.68 Å². The number of nitrogens with zero attached hydrogens (tertiary/aromatic N) is 2. The lowest BCUT2D eigenvalue weighted by Crippen LogP contribution is -2.23. The Bertz CT molecular complexity index is 334. The van der Waals surface area contributed by atoms with Crippen molar-refractivity contribution in [1.29, 1.82) is 0 Å². The van der Waals surface area contributed by atoms with Gasteiger partial charge < -0.3 is 10.5 Å². The number of hydrogen-bond acceptors (Lipinski definition) is 3. The zero-order chi connectivity index (χ0) is 13.4. The molecule has 1 rings (SSSR count). The van der Waals surface area contributed by atoms with Crippen molar-refractivity contribution in [2.24, 2.45) is 11.1 Å². The third-order valence-electron chi connectivity index (χ3n) is 3.13. The lowest BCUT2D eigenvalue weighted by molar-refractivity contribution is 0.278.